The van der Waals surface area contributed by atoms with Gasteiger partial charge in [0.15, 0.2) is 0 Å². The fourth-order valence-electron chi connectivity index (χ4n) is 3.73. The number of likely N-dealkylation sites (tertiary alicyclic amines) is 1. The Labute approximate surface area is 123 Å². The van der Waals surface area contributed by atoms with E-state index in [-0.39, 0.29) is 12.1 Å². The average molecular weight is 282 g/mol. The fourth-order valence-corrected chi connectivity index (χ4v) is 3.73. The molecule has 0 aromatic heterocycles. The van der Waals surface area contributed by atoms with Crippen molar-refractivity contribution >= 4 is 5.91 Å². The summed E-state index contributed by atoms with van der Waals surface area (Å²) in [5.74, 6) is 1.08. The van der Waals surface area contributed by atoms with E-state index in [1.54, 1.807) is 7.11 Å². The van der Waals surface area contributed by atoms with Crippen LogP contribution in [0.15, 0.2) is 0 Å². The van der Waals surface area contributed by atoms with Gasteiger partial charge in [-0.25, -0.2) is 0 Å². The van der Waals surface area contributed by atoms with Gasteiger partial charge in [0.25, 0.3) is 0 Å². The van der Waals surface area contributed by atoms with Gasteiger partial charge in [-0.1, -0.05) is 32.1 Å². The largest absolute Gasteiger partial charge is 0.381 e. The Morgan fingerprint density at radius 1 is 1.25 bits per heavy atom. The first-order valence-corrected chi connectivity index (χ1v) is 8.27. The maximum atomic E-state index is 12.4. The predicted octanol–water partition coefficient (Wildman–Crippen LogP) is 2.31. The Hall–Kier alpha value is -0.610. The molecule has 1 amide bonds. The van der Waals surface area contributed by atoms with E-state index in [0.29, 0.717) is 18.9 Å². The lowest BCUT2D eigenvalue weighted by molar-refractivity contribution is -0.137. The lowest BCUT2D eigenvalue weighted by Crippen LogP contribution is -2.51. The second kappa shape index (κ2) is 7.99. The SMILES string of the molecule is COC1CCN(C(=O)CCC2CCCCC2)C(CN)C1. The molecule has 1 saturated heterocycles. The summed E-state index contributed by atoms with van der Waals surface area (Å²) in [5, 5.41) is 0. The third-order valence-corrected chi connectivity index (χ3v) is 5.08. The summed E-state index contributed by atoms with van der Waals surface area (Å²) >= 11 is 0. The first kappa shape index (κ1) is 15.8. The molecule has 1 heterocycles. The Morgan fingerprint density at radius 2 is 2.00 bits per heavy atom. The van der Waals surface area contributed by atoms with Gasteiger partial charge >= 0.3 is 0 Å². The summed E-state index contributed by atoms with van der Waals surface area (Å²) in [6, 6.07) is 0.174. The minimum absolute atomic E-state index is 0.174. The second-order valence-electron chi connectivity index (χ2n) is 6.40. The fraction of sp³-hybridized carbons (Fsp3) is 0.938. The standard InChI is InChI=1S/C16H30N2O2/c1-20-15-9-10-18(14(11-15)12-17)16(19)8-7-13-5-3-2-4-6-13/h13-15H,2-12,17H2,1H3. The van der Waals surface area contributed by atoms with Gasteiger partial charge in [0.2, 0.25) is 5.91 Å². The summed E-state index contributed by atoms with van der Waals surface area (Å²) in [6.45, 7) is 1.36. The summed E-state index contributed by atoms with van der Waals surface area (Å²) in [7, 11) is 1.75. The molecular formula is C16H30N2O2. The average Bonchev–Trinajstić information content (AvgIpc) is 2.52. The first-order chi connectivity index (χ1) is 9.74. The van der Waals surface area contributed by atoms with Crippen LogP contribution in [0.1, 0.15) is 57.8 Å². The second-order valence-corrected chi connectivity index (χ2v) is 6.40. The first-order valence-electron chi connectivity index (χ1n) is 8.27. The maximum absolute atomic E-state index is 12.4. The highest BCUT2D eigenvalue weighted by molar-refractivity contribution is 5.76. The van der Waals surface area contributed by atoms with Gasteiger partial charge in [0, 0.05) is 32.7 Å². The van der Waals surface area contributed by atoms with Crippen molar-refractivity contribution in [2.45, 2.75) is 69.9 Å². The van der Waals surface area contributed by atoms with Crippen molar-refractivity contribution in [1.29, 1.82) is 0 Å². The maximum Gasteiger partial charge on any atom is 0.222 e. The van der Waals surface area contributed by atoms with E-state index in [2.05, 4.69) is 0 Å². The molecule has 0 spiro atoms. The normalized spacial score (nSPS) is 28.6. The molecule has 1 aliphatic carbocycles. The molecular weight excluding hydrogens is 252 g/mol. The molecule has 4 nitrogen and oxygen atoms in total. The number of nitrogens with zero attached hydrogens (tertiary/aromatic N) is 1. The highest BCUT2D eigenvalue weighted by atomic mass is 16.5. The zero-order valence-electron chi connectivity index (χ0n) is 12.9. The van der Waals surface area contributed by atoms with E-state index < -0.39 is 0 Å². The molecule has 0 bridgehead atoms. The smallest absolute Gasteiger partial charge is 0.222 e. The number of piperidine rings is 1. The number of nitrogens with two attached hydrogens (primary N) is 1. The number of carbonyl (C=O) groups is 1. The minimum Gasteiger partial charge on any atom is -0.381 e. The molecule has 2 aliphatic rings. The van der Waals surface area contributed by atoms with Gasteiger partial charge in [-0.2, -0.15) is 0 Å². The molecule has 1 saturated carbocycles. The van der Waals surface area contributed by atoms with Crippen molar-refractivity contribution in [2.75, 3.05) is 20.2 Å². The predicted molar refractivity (Wildman–Crippen MR) is 80.4 cm³/mol. The number of carbonyl (C=O) groups excluding carboxylic acids is 1. The number of rotatable bonds is 5. The molecule has 0 aromatic carbocycles. The molecule has 20 heavy (non-hydrogen) atoms. The molecule has 2 rings (SSSR count). The van der Waals surface area contributed by atoms with E-state index in [9.17, 15) is 4.79 Å². The van der Waals surface area contributed by atoms with Crippen LogP contribution in [0.3, 0.4) is 0 Å². The third kappa shape index (κ3) is 4.19. The Kier molecular flexibility index (Phi) is 6.30. The zero-order valence-corrected chi connectivity index (χ0v) is 12.9. The molecule has 116 valence electrons. The summed E-state index contributed by atoms with van der Waals surface area (Å²) in [5.41, 5.74) is 5.84. The van der Waals surface area contributed by atoms with Crippen LogP contribution >= 0.6 is 0 Å². The number of ether oxygens (including phenoxy) is 1. The van der Waals surface area contributed by atoms with E-state index in [0.717, 1.165) is 31.7 Å². The lowest BCUT2D eigenvalue weighted by atomic mass is 9.86. The molecule has 0 radical (unpaired) electrons. The van der Waals surface area contributed by atoms with Crippen molar-refractivity contribution in [3.8, 4) is 0 Å². The van der Waals surface area contributed by atoms with Gasteiger partial charge < -0.3 is 15.4 Å². The van der Waals surface area contributed by atoms with Gasteiger partial charge in [0.05, 0.1) is 6.10 Å². The minimum atomic E-state index is 0.174. The number of amides is 1. The Bertz CT molecular complexity index is 303. The molecule has 0 aromatic rings. The Morgan fingerprint density at radius 3 is 2.65 bits per heavy atom. The quantitative estimate of drug-likeness (QED) is 0.842. The van der Waals surface area contributed by atoms with Crippen LogP contribution in [0.4, 0.5) is 0 Å². The van der Waals surface area contributed by atoms with E-state index >= 15 is 0 Å². The van der Waals surface area contributed by atoms with Crippen molar-refractivity contribution in [1.82, 2.24) is 4.90 Å². The van der Waals surface area contributed by atoms with Gasteiger partial charge in [-0.3, -0.25) is 4.79 Å². The van der Waals surface area contributed by atoms with E-state index in [4.69, 9.17) is 10.5 Å². The van der Waals surface area contributed by atoms with E-state index in [1.165, 1.54) is 32.1 Å². The van der Waals surface area contributed by atoms with Crippen molar-refractivity contribution in [2.24, 2.45) is 11.7 Å². The van der Waals surface area contributed by atoms with Crippen molar-refractivity contribution in [3.63, 3.8) is 0 Å². The molecule has 2 N–H and O–H groups in total. The molecule has 2 unspecified atom stereocenters. The summed E-state index contributed by atoms with van der Waals surface area (Å²) < 4.78 is 5.41. The van der Waals surface area contributed by atoms with Crippen LogP contribution in [-0.4, -0.2) is 43.2 Å². The van der Waals surface area contributed by atoms with Crippen LogP contribution in [0, 0.1) is 5.92 Å². The van der Waals surface area contributed by atoms with Crippen LogP contribution in [0.5, 0.6) is 0 Å². The van der Waals surface area contributed by atoms with Crippen LogP contribution < -0.4 is 5.73 Å². The van der Waals surface area contributed by atoms with E-state index in [1.807, 2.05) is 4.90 Å². The number of hydrogen-bond acceptors (Lipinski definition) is 3. The van der Waals surface area contributed by atoms with Crippen LogP contribution in [-0.2, 0) is 9.53 Å². The zero-order chi connectivity index (χ0) is 14.4. The third-order valence-electron chi connectivity index (χ3n) is 5.08. The monoisotopic (exact) mass is 282 g/mol. The van der Waals surface area contributed by atoms with Gasteiger partial charge in [-0.15, -0.1) is 0 Å². The number of hydrogen-bond donors (Lipinski definition) is 1. The van der Waals surface area contributed by atoms with Crippen LogP contribution in [0.2, 0.25) is 0 Å². The van der Waals surface area contributed by atoms with Crippen molar-refractivity contribution < 1.29 is 9.53 Å². The highest BCUT2D eigenvalue weighted by Crippen LogP contribution is 2.28. The van der Waals surface area contributed by atoms with Crippen LogP contribution in [0.25, 0.3) is 0 Å². The summed E-state index contributed by atoms with van der Waals surface area (Å²) in [4.78, 5) is 14.4. The molecule has 4 heteroatoms. The lowest BCUT2D eigenvalue weighted by Gasteiger charge is -2.38. The molecule has 1 aliphatic heterocycles. The van der Waals surface area contributed by atoms with Gasteiger partial charge in [0.1, 0.15) is 0 Å². The highest BCUT2D eigenvalue weighted by Gasteiger charge is 2.30. The Balaban J connectivity index is 1.78. The number of methoxy groups -OCH3 is 1. The topological polar surface area (TPSA) is 55.6 Å². The molecule has 2 fully saturated rings. The molecule has 2 atom stereocenters. The summed E-state index contributed by atoms with van der Waals surface area (Å²) in [6.07, 6.45) is 10.6. The van der Waals surface area contributed by atoms with Gasteiger partial charge in [-0.05, 0) is 25.2 Å². The van der Waals surface area contributed by atoms with Crippen molar-refractivity contribution in [3.05, 3.63) is 0 Å².